The van der Waals surface area contributed by atoms with Crippen molar-refractivity contribution in [2.75, 3.05) is 5.32 Å². The Hall–Kier alpha value is -1.97. The molecule has 102 valence electrons. The van der Waals surface area contributed by atoms with Gasteiger partial charge in [-0.25, -0.2) is 0 Å². The van der Waals surface area contributed by atoms with Crippen LogP contribution in [0.3, 0.4) is 0 Å². The van der Waals surface area contributed by atoms with Gasteiger partial charge < -0.3 is 10.4 Å². The highest BCUT2D eigenvalue weighted by Gasteiger charge is 2.09. The van der Waals surface area contributed by atoms with Crippen molar-refractivity contribution >= 4 is 5.69 Å². The van der Waals surface area contributed by atoms with Gasteiger partial charge >= 0.3 is 0 Å². The highest BCUT2D eigenvalue weighted by Crippen LogP contribution is 2.17. The Bertz CT molecular complexity index is 531. The molecule has 0 bridgehead atoms. The third kappa shape index (κ3) is 3.50. The third-order valence-electron chi connectivity index (χ3n) is 3.12. The van der Waals surface area contributed by atoms with E-state index in [0.29, 0.717) is 11.8 Å². The molecule has 0 spiro atoms. The lowest BCUT2D eigenvalue weighted by Crippen LogP contribution is -2.18. The summed E-state index contributed by atoms with van der Waals surface area (Å²) in [5.74, 6) is 0.310. The second kappa shape index (κ2) is 5.78. The Morgan fingerprint density at radius 3 is 2.63 bits per heavy atom. The van der Waals surface area contributed by atoms with Crippen molar-refractivity contribution in [3.05, 3.63) is 41.7 Å². The van der Waals surface area contributed by atoms with Crippen LogP contribution in [0.1, 0.15) is 25.1 Å². The summed E-state index contributed by atoms with van der Waals surface area (Å²) in [4.78, 5) is 0. The largest absolute Gasteiger partial charge is 0.508 e. The van der Waals surface area contributed by atoms with E-state index in [-0.39, 0.29) is 0 Å². The van der Waals surface area contributed by atoms with E-state index in [2.05, 4.69) is 24.3 Å². The highest BCUT2D eigenvalue weighted by atomic mass is 16.3. The number of rotatable bonds is 5. The summed E-state index contributed by atoms with van der Waals surface area (Å²) in [6, 6.07) is 7.68. The third-order valence-corrected chi connectivity index (χ3v) is 3.12. The second-order valence-electron chi connectivity index (χ2n) is 4.93. The second-order valence-corrected chi connectivity index (χ2v) is 4.93. The van der Waals surface area contributed by atoms with E-state index in [1.807, 2.05) is 30.1 Å². The molecule has 2 aromatic rings. The molecule has 0 aliphatic heterocycles. The first kappa shape index (κ1) is 13.5. The van der Waals surface area contributed by atoms with Crippen molar-refractivity contribution in [2.45, 2.75) is 32.7 Å². The number of hydrogen-bond donors (Lipinski definition) is 2. The van der Waals surface area contributed by atoms with Crippen LogP contribution >= 0.6 is 0 Å². The molecular weight excluding hydrogens is 238 g/mol. The predicted molar refractivity (Wildman–Crippen MR) is 77.5 cm³/mol. The topological polar surface area (TPSA) is 50.1 Å². The predicted octanol–water partition coefficient (Wildman–Crippen LogP) is 2.73. The molecular formula is C15H21N3O. The normalized spacial score (nSPS) is 12.4. The van der Waals surface area contributed by atoms with E-state index >= 15 is 0 Å². The average molecular weight is 259 g/mol. The molecule has 0 fully saturated rings. The summed E-state index contributed by atoms with van der Waals surface area (Å²) >= 11 is 0. The lowest BCUT2D eigenvalue weighted by Gasteiger charge is -2.15. The zero-order valence-electron chi connectivity index (χ0n) is 11.7. The molecule has 4 nitrogen and oxygen atoms in total. The summed E-state index contributed by atoms with van der Waals surface area (Å²) in [6.45, 7) is 4.26. The maximum atomic E-state index is 9.27. The molecule has 2 N–H and O–H groups in total. The van der Waals surface area contributed by atoms with E-state index in [1.165, 1.54) is 5.56 Å². The quantitative estimate of drug-likeness (QED) is 0.868. The molecule has 0 amide bonds. The van der Waals surface area contributed by atoms with Crippen molar-refractivity contribution in [1.82, 2.24) is 9.78 Å². The number of aryl methyl sites for hydroxylation is 2. The molecule has 4 heteroatoms. The lowest BCUT2D eigenvalue weighted by atomic mass is 10.1. The maximum absolute atomic E-state index is 9.27. The Morgan fingerprint density at radius 2 is 2.00 bits per heavy atom. The van der Waals surface area contributed by atoms with Crippen molar-refractivity contribution in [3.8, 4) is 5.75 Å². The molecule has 0 saturated carbocycles. The monoisotopic (exact) mass is 259 g/mol. The van der Waals surface area contributed by atoms with Gasteiger partial charge in [-0.3, -0.25) is 4.68 Å². The van der Waals surface area contributed by atoms with E-state index in [4.69, 9.17) is 0 Å². The Balaban J connectivity index is 2.00. The minimum absolute atomic E-state index is 0.310. The van der Waals surface area contributed by atoms with Gasteiger partial charge in [0.25, 0.3) is 0 Å². The maximum Gasteiger partial charge on any atom is 0.115 e. The van der Waals surface area contributed by atoms with Crippen molar-refractivity contribution < 1.29 is 5.11 Å². The molecule has 1 atom stereocenters. The number of nitrogens with zero attached hydrogens (tertiary/aromatic N) is 2. The fraction of sp³-hybridized carbons (Fsp3) is 0.400. The highest BCUT2D eigenvalue weighted by molar-refractivity contribution is 5.47. The average Bonchev–Trinajstić information content (AvgIpc) is 2.72. The van der Waals surface area contributed by atoms with Crippen LogP contribution in [0, 0.1) is 0 Å². The molecule has 0 saturated heterocycles. The van der Waals surface area contributed by atoms with Gasteiger partial charge in [0.05, 0.1) is 11.4 Å². The Labute approximate surface area is 114 Å². The van der Waals surface area contributed by atoms with Crippen molar-refractivity contribution in [1.29, 1.82) is 0 Å². The summed E-state index contributed by atoms with van der Waals surface area (Å²) in [5, 5.41) is 17.2. The van der Waals surface area contributed by atoms with Gasteiger partial charge in [-0.15, -0.1) is 0 Å². The number of nitrogens with one attached hydrogen (secondary N) is 1. The van der Waals surface area contributed by atoms with Crippen LogP contribution < -0.4 is 5.32 Å². The summed E-state index contributed by atoms with van der Waals surface area (Å²) in [7, 11) is 1.94. The molecule has 1 heterocycles. The van der Waals surface area contributed by atoms with Gasteiger partial charge in [0.2, 0.25) is 0 Å². The van der Waals surface area contributed by atoms with Crippen molar-refractivity contribution in [3.63, 3.8) is 0 Å². The molecule has 0 aliphatic rings. The first-order valence-corrected chi connectivity index (χ1v) is 6.65. The van der Waals surface area contributed by atoms with E-state index in [0.717, 1.165) is 24.2 Å². The number of phenolic OH excluding ortho intramolecular Hbond substituents is 1. The van der Waals surface area contributed by atoms with Gasteiger partial charge in [0.1, 0.15) is 5.75 Å². The molecule has 1 unspecified atom stereocenters. The van der Waals surface area contributed by atoms with Crippen molar-refractivity contribution in [2.24, 2.45) is 7.05 Å². The number of hydrogen-bond acceptors (Lipinski definition) is 3. The van der Waals surface area contributed by atoms with E-state index in [1.54, 1.807) is 12.1 Å². The van der Waals surface area contributed by atoms with Gasteiger partial charge in [0.15, 0.2) is 0 Å². The summed E-state index contributed by atoms with van der Waals surface area (Å²) < 4.78 is 1.84. The van der Waals surface area contributed by atoms with Gasteiger partial charge in [-0.2, -0.15) is 5.10 Å². The SMILES string of the molecule is CCc1nn(C)cc1NC(C)Cc1ccc(O)cc1. The number of aromatic hydroxyl groups is 1. The molecule has 19 heavy (non-hydrogen) atoms. The Kier molecular flexibility index (Phi) is 4.10. The number of benzene rings is 1. The van der Waals surface area contributed by atoms with Gasteiger partial charge in [0, 0.05) is 19.3 Å². The minimum Gasteiger partial charge on any atom is -0.508 e. The van der Waals surface area contributed by atoms with E-state index < -0.39 is 0 Å². The smallest absolute Gasteiger partial charge is 0.115 e. The summed E-state index contributed by atoms with van der Waals surface area (Å²) in [5.41, 5.74) is 3.41. The van der Waals surface area contributed by atoms with Crippen LogP contribution in [0.25, 0.3) is 0 Å². The number of anilines is 1. The molecule has 1 aromatic carbocycles. The fourth-order valence-electron chi connectivity index (χ4n) is 2.22. The number of aromatic nitrogens is 2. The van der Waals surface area contributed by atoms with Crippen LogP contribution in [0.15, 0.2) is 30.5 Å². The molecule has 1 aromatic heterocycles. The zero-order valence-corrected chi connectivity index (χ0v) is 11.7. The first-order valence-electron chi connectivity index (χ1n) is 6.65. The minimum atomic E-state index is 0.310. The van der Waals surface area contributed by atoms with Crippen LogP contribution in [-0.2, 0) is 19.9 Å². The molecule has 0 radical (unpaired) electrons. The standard InChI is InChI=1S/C15H21N3O/c1-4-14-15(10-18(3)17-14)16-11(2)9-12-5-7-13(19)8-6-12/h5-8,10-11,16,19H,4,9H2,1-3H3. The number of phenols is 1. The van der Waals surface area contributed by atoms with Crippen LogP contribution in [-0.4, -0.2) is 20.9 Å². The zero-order chi connectivity index (χ0) is 13.8. The fourth-order valence-corrected chi connectivity index (χ4v) is 2.22. The molecule has 0 aliphatic carbocycles. The van der Waals surface area contributed by atoms with Crippen LogP contribution in [0.4, 0.5) is 5.69 Å². The van der Waals surface area contributed by atoms with Gasteiger partial charge in [-0.05, 0) is 37.5 Å². The Morgan fingerprint density at radius 1 is 1.32 bits per heavy atom. The first-order chi connectivity index (χ1) is 9.08. The van der Waals surface area contributed by atoms with E-state index in [9.17, 15) is 5.11 Å². The lowest BCUT2D eigenvalue weighted by molar-refractivity contribution is 0.475. The van der Waals surface area contributed by atoms with Gasteiger partial charge in [-0.1, -0.05) is 19.1 Å². The summed E-state index contributed by atoms with van der Waals surface area (Å²) in [6.07, 6.45) is 3.86. The van der Waals surface area contributed by atoms with Crippen LogP contribution in [0.2, 0.25) is 0 Å². The molecule has 2 rings (SSSR count). The van der Waals surface area contributed by atoms with Crippen LogP contribution in [0.5, 0.6) is 5.75 Å².